The molecule has 7 heteroatoms. The number of rotatable bonds is 27. The molecule has 2 saturated heterocycles. The Morgan fingerprint density at radius 3 is 2.02 bits per heavy atom. The molecule has 0 bridgehead atoms. The zero-order chi connectivity index (χ0) is 32.0. The molecule has 7 nitrogen and oxygen atoms in total. The number of ketones is 1. The molecule has 3 N–H and O–H groups in total. The molecule has 0 radical (unpaired) electrons. The minimum Gasteiger partial charge on any atom is -0.462 e. The van der Waals surface area contributed by atoms with Gasteiger partial charge in [-0.2, -0.15) is 0 Å². The van der Waals surface area contributed by atoms with Crippen LogP contribution in [0.25, 0.3) is 0 Å². The maximum Gasteiger partial charge on any atom is 0.309 e. The largest absolute Gasteiger partial charge is 0.462 e. The number of Topliss-reactive ketones (excluding diaryl/α,β-unsaturated/α-hetero) is 1. The molecule has 0 aromatic heterocycles. The lowest BCUT2D eigenvalue weighted by molar-refractivity contribution is -0.145. The number of aliphatic hydroxyl groups is 3. The smallest absolute Gasteiger partial charge is 0.309 e. The Morgan fingerprint density at radius 1 is 0.773 bits per heavy atom. The highest BCUT2D eigenvalue weighted by Gasteiger charge is 2.35. The molecule has 0 aromatic rings. The van der Waals surface area contributed by atoms with Crippen molar-refractivity contribution in [1.82, 2.24) is 0 Å². The van der Waals surface area contributed by atoms with Crippen LogP contribution < -0.4 is 0 Å². The predicted octanol–water partition coefficient (Wildman–Crippen LogP) is 7.91. The zero-order valence-electron chi connectivity index (χ0n) is 28.1. The van der Waals surface area contributed by atoms with Gasteiger partial charge in [0.25, 0.3) is 0 Å². The van der Waals surface area contributed by atoms with Crippen molar-refractivity contribution in [1.29, 1.82) is 0 Å². The van der Waals surface area contributed by atoms with Crippen LogP contribution in [0.5, 0.6) is 0 Å². The van der Waals surface area contributed by atoms with E-state index in [0.717, 1.165) is 51.4 Å². The van der Waals surface area contributed by atoms with E-state index in [0.29, 0.717) is 32.1 Å². The van der Waals surface area contributed by atoms with Crippen molar-refractivity contribution in [3.05, 3.63) is 12.2 Å². The Kier molecular flexibility index (Phi) is 21.2. The molecule has 0 aromatic carbocycles. The average Bonchev–Trinajstić information content (AvgIpc) is 3.62. The Labute approximate surface area is 268 Å². The van der Waals surface area contributed by atoms with Gasteiger partial charge in [0.15, 0.2) is 0 Å². The lowest BCUT2D eigenvalue weighted by Crippen LogP contribution is -2.31. The second kappa shape index (κ2) is 24.0. The lowest BCUT2D eigenvalue weighted by atomic mass is 9.96. The first-order chi connectivity index (χ1) is 21.3. The van der Waals surface area contributed by atoms with Crippen molar-refractivity contribution < 1.29 is 34.4 Å². The fourth-order valence-corrected chi connectivity index (χ4v) is 6.73. The Balaban J connectivity index is 1.43. The van der Waals surface area contributed by atoms with Crippen molar-refractivity contribution in [3.63, 3.8) is 0 Å². The molecule has 7 atom stereocenters. The molecular formula is C37H66O7. The fourth-order valence-electron chi connectivity index (χ4n) is 6.73. The number of carbonyl (C=O) groups excluding carboxylic acids is 2. The van der Waals surface area contributed by atoms with Gasteiger partial charge in [0.1, 0.15) is 11.9 Å². The van der Waals surface area contributed by atoms with Crippen molar-refractivity contribution >= 4 is 11.8 Å². The van der Waals surface area contributed by atoms with Crippen LogP contribution in [0.2, 0.25) is 0 Å². The second-order valence-corrected chi connectivity index (χ2v) is 13.7. The van der Waals surface area contributed by atoms with Gasteiger partial charge in [-0.05, 0) is 84.0 Å². The average molecular weight is 623 g/mol. The third-order valence-corrected chi connectivity index (χ3v) is 9.52. The summed E-state index contributed by atoms with van der Waals surface area (Å²) in [4.78, 5) is 23.1. The van der Waals surface area contributed by atoms with Gasteiger partial charge in [0.05, 0.1) is 36.4 Å². The van der Waals surface area contributed by atoms with E-state index in [1.54, 1.807) is 0 Å². The van der Waals surface area contributed by atoms with Crippen molar-refractivity contribution in [2.75, 3.05) is 0 Å². The summed E-state index contributed by atoms with van der Waals surface area (Å²) in [5.74, 6) is -0.496. The highest BCUT2D eigenvalue weighted by Crippen LogP contribution is 2.29. The van der Waals surface area contributed by atoms with Crippen LogP contribution in [0.15, 0.2) is 12.2 Å². The first kappa shape index (κ1) is 38.9. The maximum atomic E-state index is 11.9. The van der Waals surface area contributed by atoms with Gasteiger partial charge in [-0.1, -0.05) is 89.7 Å². The quantitative estimate of drug-likeness (QED) is 0.0485. The van der Waals surface area contributed by atoms with Crippen LogP contribution in [0.1, 0.15) is 168 Å². The van der Waals surface area contributed by atoms with Gasteiger partial charge < -0.3 is 29.6 Å². The molecule has 2 aliphatic rings. The van der Waals surface area contributed by atoms with E-state index in [1.807, 2.05) is 0 Å². The highest BCUT2D eigenvalue weighted by atomic mass is 16.6. The minimum atomic E-state index is -0.622. The SMILES string of the molecule is CCCCCCCCCCCC/C=C\CC[C@@H](O)[C@H]1CC[C@@H]([C@H](O)CC[C@H](O)CCCCC[C@@H]2C[C@H](CC(C)=O)C(=O)O2)O1. The Hall–Kier alpha value is -1.28. The number of carbonyl (C=O) groups is 2. The molecule has 0 aliphatic carbocycles. The summed E-state index contributed by atoms with van der Waals surface area (Å²) >= 11 is 0. The molecule has 2 heterocycles. The van der Waals surface area contributed by atoms with Crippen molar-refractivity contribution in [2.45, 2.75) is 205 Å². The molecule has 2 rings (SSSR count). The molecule has 0 unspecified atom stereocenters. The third-order valence-electron chi connectivity index (χ3n) is 9.52. The van der Waals surface area contributed by atoms with E-state index in [4.69, 9.17) is 9.47 Å². The third kappa shape index (κ3) is 17.4. The summed E-state index contributed by atoms with van der Waals surface area (Å²) in [5.41, 5.74) is 0. The number of esters is 1. The van der Waals surface area contributed by atoms with E-state index in [1.165, 1.54) is 71.1 Å². The van der Waals surface area contributed by atoms with Gasteiger partial charge in [-0.25, -0.2) is 0 Å². The van der Waals surface area contributed by atoms with Crippen molar-refractivity contribution in [2.24, 2.45) is 5.92 Å². The standard InChI is InChI=1S/C37H66O7/c1-3-4-5-6-7-8-9-10-11-12-13-14-15-19-22-33(40)35-25-26-36(44-35)34(41)24-23-31(39)20-17-16-18-21-32-28-30(27-29(2)38)37(42)43-32/h14-15,30-36,39-41H,3-13,16-28H2,1-2H3/b15-14-/t30-,31+,32+,33+,34+,35+,36-/m0/s1. The van der Waals surface area contributed by atoms with E-state index in [2.05, 4.69) is 19.1 Å². The van der Waals surface area contributed by atoms with E-state index < -0.39 is 18.3 Å². The molecule has 44 heavy (non-hydrogen) atoms. The van der Waals surface area contributed by atoms with E-state index in [9.17, 15) is 24.9 Å². The van der Waals surface area contributed by atoms with Crippen LogP contribution in [0.3, 0.4) is 0 Å². The second-order valence-electron chi connectivity index (χ2n) is 13.7. The number of allylic oxidation sites excluding steroid dienone is 2. The molecule has 0 saturated carbocycles. The predicted molar refractivity (Wildman–Crippen MR) is 176 cm³/mol. The number of unbranched alkanes of at least 4 members (excludes halogenated alkanes) is 12. The van der Waals surface area contributed by atoms with Crippen LogP contribution in [0, 0.1) is 5.92 Å². The fraction of sp³-hybridized carbons (Fsp3) is 0.892. The molecule has 2 aliphatic heterocycles. The first-order valence-electron chi connectivity index (χ1n) is 18.3. The first-order valence-corrected chi connectivity index (χ1v) is 18.3. The Morgan fingerprint density at radius 2 is 1.36 bits per heavy atom. The van der Waals surface area contributed by atoms with Gasteiger partial charge in [0, 0.05) is 6.42 Å². The number of aliphatic hydroxyl groups excluding tert-OH is 3. The topological polar surface area (TPSA) is 113 Å². The molecule has 256 valence electrons. The monoisotopic (exact) mass is 622 g/mol. The van der Waals surface area contributed by atoms with Gasteiger partial charge in [0.2, 0.25) is 0 Å². The maximum absolute atomic E-state index is 11.9. The zero-order valence-corrected chi connectivity index (χ0v) is 28.1. The molecular weight excluding hydrogens is 556 g/mol. The summed E-state index contributed by atoms with van der Waals surface area (Å²) in [5, 5.41) is 31.7. The van der Waals surface area contributed by atoms with E-state index in [-0.39, 0.29) is 42.4 Å². The van der Waals surface area contributed by atoms with Crippen LogP contribution in [-0.2, 0) is 19.1 Å². The summed E-state index contributed by atoms with van der Waals surface area (Å²) in [6, 6.07) is 0. The van der Waals surface area contributed by atoms with Crippen LogP contribution in [-0.4, -0.2) is 63.7 Å². The normalized spacial score (nSPS) is 24.2. The number of cyclic esters (lactones) is 1. The molecule has 0 amide bonds. The van der Waals surface area contributed by atoms with Gasteiger partial charge in [-0.3, -0.25) is 4.79 Å². The number of hydrogen-bond donors (Lipinski definition) is 3. The van der Waals surface area contributed by atoms with Crippen LogP contribution >= 0.6 is 0 Å². The number of ether oxygens (including phenoxy) is 2. The van der Waals surface area contributed by atoms with Gasteiger partial charge in [-0.15, -0.1) is 0 Å². The summed E-state index contributed by atoms with van der Waals surface area (Å²) in [6.45, 7) is 3.77. The number of hydrogen-bond acceptors (Lipinski definition) is 7. The summed E-state index contributed by atoms with van der Waals surface area (Å²) < 4.78 is 11.4. The lowest BCUT2D eigenvalue weighted by Gasteiger charge is -2.22. The van der Waals surface area contributed by atoms with Gasteiger partial charge >= 0.3 is 5.97 Å². The highest BCUT2D eigenvalue weighted by molar-refractivity contribution is 5.83. The minimum absolute atomic E-state index is 0.0247. The summed E-state index contributed by atoms with van der Waals surface area (Å²) in [6.07, 6.45) is 26.2. The van der Waals surface area contributed by atoms with Crippen LogP contribution in [0.4, 0.5) is 0 Å². The molecule has 0 spiro atoms. The Bertz CT molecular complexity index is 784. The van der Waals surface area contributed by atoms with E-state index >= 15 is 0 Å². The van der Waals surface area contributed by atoms with Crippen molar-refractivity contribution in [3.8, 4) is 0 Å². The molecule has 2 fully saturated rings. The summed E-state index contributed by atoms with van der Waals surface area (Å²) in [7, 11) is 0.